The third-order valence-electron chi connectivity index (χ3n) is 8.17. The van der Waals surface area contributed by atoms with Crippen molar-refractivity contribution in [2.45, 2.75) is 44.5 Å². The third-order valence-corrected chi connectivity index (χ3v) is 13.9. The van der Waals surface area contributed by atoms with Gasteiger partial charge in [-0.3, -0.25) is 0 Å². The molecule has 3 aromatic heterocycles. The van der Waals surface area contributed by atoms with E-state index >= 15 is 0 Å². The summed E-state index contributed by atoms with van der Waals surface area (Å²) in [7, 11) is 0. The topological polar surface area (TPSA) is 25.8 Å². The van der Waals surface area contributed by atoms with Gasteiger partial charge in [-0.1, -0.05) is 79.4 Å². The number of pyridine rings is 2. The van der Waals surface area contributed by atoms with E-state index < -0.39 is 13.3 Å². The van der Waals surface area contributed by atoms with E-state index in [4.69, 9.17) is 4.98 Å². The number of aryl methyl sites for hydroxylation is 1. The van der Waals surface area contributed by atoms with Gasteiger partial charge in [0.05, 0.1) is 0 Å². The Balaban J connectivity index is 0.000000207. The van der Waals surface area contributed by atoms with E-state index in [1.54, 1.807) is 0 Å². The van der Waals surface area contributed by atoms with E-state index in [0.717, 1.165) is 28.9 Å². The molecule has 0 unspecified atom stereocenters. The molecule has 3 heterocycles. The molecule has 7 aromatic rings. The smallest absolute Gasteiger partial charge is 0 e. The van der Waals surface area contributed by atoms with Crippen LogP contribution in [-0.2, 0) is 26.5 Å². The number of benzene rings is 4. The van der Waals surface area contributed by atoms with Crippen LogP contribution in [0.3, 0.4) is 0 Å². The van der Waals surface area contributed by atoms with E-state index in [2.05, 4.69) is 140 Å². The van der Waals surface area contributed by atoms with Crippen molar-refractivity contribution >= 4 is 49.2 Å². The molecule has 0 saturated heterocycles. The molecule has 0 saturated carbocycles. The van der Waals surface area contributed by atoms with Crippen molar-refractivity contribution in [2.24, 2.45) is 5.92 Å². The maximum absolute atomic E-state index is 4.69. The van der Waals surface area contributed by atoms with Gasteiger partial charge < -0.3 is 4.98 Å². The normalized spacial score (nSPS) is 11.3. The minimum absolute atomic E-state index is 0. The number of aromatic nitrogens is 2. The molecule has 0 atom stereocenters. The molecular weight excluding hydrogens is 829 g/mol. The zero-order chi connectivity index (χ0) is 32.3. The van der Waals surface area contributed by atoms with E-state index in [9.17, 15) is 0 Å². The summed E-state index contributed by atoms with van der Waals surface area (Å²) in [6, 6.07) is 42.7. The zero-order valence-electron chi connectivity index (χ0n) is 27.9. The molecule has 5 heteroatoms. The van der Waals surface area contributed by atoms with Gasteiger partial charge >= 0.3 is 106 Å². The maximum atomic E-state index is 4.69. The standard InChI is InChI=1S/C27H22NS.C15H18GeN.Ir/c1-18(2)16-19-14-15-28-25(17-19)24-13-7-12-23-22-11-6-10-21(26(22)29-27(23)24)20-8-4-3-5-9-20;1-12-10-15(13-8-6-5-7-9-13)17-11-14(12)16(2,3)4;/h3-12,14-15,17-18H,16H2,1-2H3;5-8,10-11H,1-4H3;/q2*-1;. The van der Waals surface area contributed by atoms with Gasteiger partial charge in [-0.15, -0.1) is 23.8 Å². The second kappa shape index (κ2) is 15.2. The molecule has 0 amide bonds. The quantitative estimate of drug-likeness (QED) is 0.123. The third kappa shape index (κ3) is 8.01. The SMILES string of the molecule is CC(C)Cc1ccnc(-c2[c-]ccc3c2sc2c(-c4ccccc4)cccc23)c1.Cc1cc(-c2[c-]cccc2)nc[c]1[Ge]([CH3])([CH3])[CH3].[Ir]. The number of hydrogen-bond acceptors (Lipinski definition) is 3. The van der Waals surface area contributed by atoms with Gasteiger partial charge in [-0.05, 0) is 45.3 Å². The van der Waals surface area contributed by atoms with Crippen molar-refractivity contribution in [1.82, 2.24) is 9.97 Å². The number of hydrogen-bond donors (Lipinski definition) is 0. The van der Waals surface area contributed by atoms with Crippen molar-refractivity contribution in [1.29, 1.82) is 0 Å². The maximum Gasteiger partial charge on any atom is 0 e. The number of fused-ring (bicyclic) bond motifs is 3. The average molecular weight is 870 g/mol. The molecule has 2 nitrogen and oxygen atoms in total. The number of nitrogens with zero attached hydrogens (tertiary/aromatic N) is 2. The summed E-state index contributed by atoms with van der Waals surface area (Å²) >= 11 is 0.0805. The molecule has 0 spiro atoms. The largest absolute Gasteiger partial charge is 0 e. The average Bonchev–Trinajstić information content (AvgIpc) is 3.44. The summed E-state index contributed by atoms with van der Waals surface area (Å²) in [5.74, 6) is 7.83. The van der Waals surface area contributed by atoms with Crippen LogP contribution in [0.25, 0.3) is 53.8 Å². The molecule has 47 heavy (non-hydrogen) atoms. The van der Waals surface area contributed by atoms with Crippen molar-refractivity contribution in [3.05, 3.63) is 139 Å². The number of rotatable bonds is 6. The molecule has 0 N–H and O–H groups in total. The van der Waals surface area contributed by atoms with Crippen molar-refractivity contribution in [2.75, 3.05) is 0 Å². The van der Waals surface area contributed by atoms with Crippen LogP contribution >= 0.6 is 11.3 Å². The van der Waals surface area contributed by atoms with Crippen LogP contribution in [0.4, 0.5) is 0 Å². The second-order valence-corrected chi connectivity index (χ2v) is 24.9. The van der Waals surface area contributed by atoms with Gasteiger partial charge in [0.15, 0.2) is 0 Å². The molecule has 0 aliphatic heterocycles. The Morgan fingerprint density at radius 1 is 0.745 bits per heavy atom. The minimum atomic E-state index is -1.77. The zero-order valence-corrected chi connectivity index (χ0v) is 33.2. The molecule has 1 radical (unpaired) electrons. The van der Waals surface area contributed by atoms with Crippen LogP contribution in [0, 0.1) is 25.0 Å². The Labute approximate surface area is 300 Å². The van der Waals surface area contributed by atoms with Gasteiger partial charge in [-0.2, -0.15) is 11.3 Å². The van der Waals surface area contributed by atoms with Crippen LogP contribution < -0.4 is 4.40 Å². The Morgan fingerprint density at radius 2 is 1.51 bits per heavy atom. The molecule has 0 bridgehead atoms. The van der Waals surface area contributed by atoms with Crippen molar-refractivity contribution in [3.8, 4) is 33.6 Å². The molecule has 7 rings (SSSR count). The second-order valence-electron chi connectivity index (χ2n) is 13.3. The number of thiophene rings is 1. The first-order valence-electron chi connectivity index (χ1n) is 16.0. The van der Waals surface area contributed by atoms with Gasteiger partial charge in [0.25, 0.3) is 0 Å². The first-order valence-corrected chi connectivity index (χ1v) is 24.2. The summed E-state index contributed by atoms with van der Waals surface area (Å²) < 4.78 is 4.08. The predicted octanol–water partition coefficient (Wildman–Crippen LogP) is 11.2. The fourth-order valence-electron chi connectivity index (χ4n) is 6.05. The summed E-state index contributed by atoms with van der Waals surface area (Å²) in [4.78, 5) is 9.29. The van der Waals surface area contributed by atoms with Gasteiger partial charge in [0, 0.05) is 31.0 Å². The summed E-state index contributed by atoms with van der Waals surface area (Å²) in [6.07, 6.45) is 5.07. The molecule has 4 aromatic carbocycles. The van der Waals surface area contributed by atoms with E-state index in [1.807, 2.05) is 41.8 Å². The molecule has 239 valence electrons. The first-order chi connectivity index (χ1) is 22.2. The van der Waals surface area contributed by atoms with Gasteiger partial charge in [-0.25, -0.2) is 0 Å². The summed E-state index contributed by atoms with van der Waals surface area (Å²) in [5, 5.41) is 2.59. The van der Waals surface area contributed by atoms with E-state index in [1.165, 1.54) is 46.8 Å². The van der Waals surface area contributed by atoms with Crippen molar-refractivity contribution in [3.63, 3.8) is 0 Å². The molecule has 0 aliphatic carbocycles. The Morgan fingerprint density at radius 3 is 2.21 bits per heavy atom. The van der Waals surface area contributed by atoms with Crippen LogP contribution in [0.5, 0.6) is 0 Å². The molecular formula is C42H40GeIrN2S-2. The Hall–Kier alpha value is -3.41. The molecule has 0 fully saturated rings. The van der Waals surface area contributed by atoms with Crippen LogP contribution in [0.2, 0.25) is 17.3 Å². The van der Waals surface area contributed by atoms with Crippen LogP contribution in [0.1, 0.15) is 25.0 Å². The predicted molar refractivity (Wildman–Crippen MR) is 202 cm³/mol. The first kappa shape index (κ1) is 34.9. The van der Waals surface area contributed by atoms with Crippen LogP contribution in [-0.4, -0.2) is 23.2 Å². The fraction of sp³-hybridized carbons (Fsp3) is 0.190. The van der Waals surface area contributed by atoms with Gasteiger partial charge in [0.2, 0.25) is 0 Å². The van der Waals surface area contributed by atoms with Gasteiger partial charge in [0.1, 0.15) is 0 Å². The summed E-state index contributed by atoms with van der Waals surface area (Å²) in [6.45, 7) is 6.70. The molecule has 0 aliphatic rings. The van der Waals surface area contributed by atoms with Crippen molar-refractivity contribution < 1.29 is 20.1 Å². The summed E-state index contributed by atoms with van der Waals surface area (Å²) in [5.41, 5.74) is 9.47. The Kier molecular flexibility index (Phi) is 11.3. The monoisotopic (exact) mass is 871 g/mol. The minimum Gasteiger partial charge on any atom is 0 e. The Bertz CT molecular complexity index is 2100. The van der Waals surface area contributed by atoms with E-state index in [-0.39, 0.29) is 20.1 Å². The van der Waals surface area contributed by atoms with Crippen LogP contribution in [0.15, 0.2) is 116 Å². The fourth-order valence-corrected chi connectivity index (χ4v) is 11.0. The van der Waals surface area contributed by atoms with E-state index in [0.29, 0.717) is 5.92 Å².